The lowest BCUT2D eigenvalue weighted by molar-refractivity contribution is 0.195. The largest absolute Gasteiger partial charge is 0.393 e. The van der Waals surface area contributed by atoms with Crippen molar-refractivity contribution in [2.45, 2.75) is 26.4 Å². The van der Waals surface area contributed by atoms with Gasteiger partial charge in [0.15, 0.2) is 0 Å². The number of aliphatic hydroxyl groups excluding tert-OH is 1. The molecule has 0 radical (unpaired) electrons. The van der Waals surface area contributed by atoms with Crippen molar-refractivity contribution in [2.75, 3.05) is 0 Å². The molecule has 1 heterocycles. The lowest BCUT2D eigenvalue weighted by atomic mass is 10.3. The molecule has 3 nitrogen and oxygen atoms in total. The van der Waals surface area contributed by atoms with E-state index in [2.05, 4.69) is 9.36 Å². The molecule has 1 N–H and O–H groups in total. The third-order valence-corrected chi connectivity index (χ3v) is 1.86. The average Bonchev–Trinajstić information content (AvgIpc) is 2.13. The Labute approximate surface area is 63.9 Å². The maximum Gasteiger partial charge on any atom is 0.139 e. The zero-order chi connectivity index (χ0) is 7.56. The minimum Gasteiger partial charge on any atom is -0.393 e. The van der Waals surface area contributed by atoms with E-state index in [1.807, 2.05) is 6.92 Å². The number of aliphatic hydroxyl groups is 1. The third kappa shape index (κ3) is 2.04. The van der Waals surface area contributed by atoms with Crippen molar-refractivity contribution in [2.24, 2.45) is 0 Å². The number of rotatable bonds is 2. The molecule has 0 saturated carbocycles. The topological polar surface area (TPSA) is 46.0 Å². The fourth-order valence-corrected chi connectivity index (χ4v) is 1.44. The van der Waals surface area contributed by atoms with E-state index in [0.29, 0.717) is 6.42 Å². The molecule has 1 atom stereocenters. The first-order valence-electron chi connectivity index (χ1n) is 3.15. The van der Waals surface area contributed by atoms with E-state index < -0.39 is 0 Å². The number of aryl methyl sites for hydroxylation is 1. The lowest BCUT2D eigenvalue weighted by Gasteiger charge is -1.96. The molecule has 4 heteroatoms. The van der Waals surface area contributed by atoms with Gasteiger partial charge in [0.2, 0.25) is 0 Å². The second-order valence-electron chi connectivity index (χ2n) is 2.29. The van der Waals surface area contributed by atoms with Gasteiger partial charge in [0.05, 0.1) is 6.10 Å². The number of hydrogen-bond donors (Lipinski definition) is 1. The summed E-state index contributed by atoms with van der Waals surface area (Å²) in [7, 11) is 0. The molecule has 0 saturated heterocycles. The van der Waals surface area contributed by atoms with Crippen LogP contribution < -0.4 is 0 Å². The van der Waals surface area contributed by atoms with Crippen LogP contribution in [0.4, 0.5) is 0 Å². The summed E-state index contributed by atoms with van der Waals surface area (Å²) < 4.78 is 3.99. The highest BCUT2D eigenvalue weighted by Gasteiger charge is 2.02. The maximum absolute atomic E-state index is 8.95. The van der Waals surface area contributed by atoms with E-state index in [-0.39, 0.29) is 6.10 Å². The van der Waals surface area contributed by atoms with E-state index in [1.165, 1.54) is 11.5 Å². The molecule has 1 aromatic heterocycles. The van der Waals surface area contributed by atoms with Crippen LogP contribution in [-0.2, 0) is 6.42 Å². The van der Waals surface area contributed by atoms with Gasteiger partial charge in [-0.1, -0.05) is 0 Å². The zero-order valence-corrected chi connectivity index (χ0v) is 6.85. The monoisotopic (exact) mass is 158 g/mol. The normalized spacial score (nSPS) is 13.5. The smallest absolute Gasteiger partial charge is 0.139 e. The van der Waals surface area contributed by atoms with Crippen molar-refractivity contribution in [3.8, 4) is 0 Å². The molecule has 56 valence electrons. The third-order valence-electron chi connectivity index (χ3n) is 1.04. The van der Waals surface area contributed by atoms with Gasteiger partial charge in [-0.25, -0.2) is 4.98 Å². The molecule has 0 aromatic carbocycles. The Kier molecular flexibility index (Phi) is 2.34. The standard InChI is InChI=1S/C6H10N2OS/c1-4(9)3-6-7-5(2)8-10-6/h4,9H,3H2,1-2H3. The van der Waals surface area contributed by atoms with Gasteiger partial charge in [0.1, 0.15) is 10.8 Å². The molecule has 1 aromatic rings. The molecule has 1 rings (SSSR count). The summed E-state index contributed by atoms with van der Waals surface area (Å²) in [6, 6.07) is 0. The minimum absolute atomic E-state index is 0.313. The molecule has 1 unspecified atom stereocenters. The number of aromatic nitrogens is 2. The Morgan fingerprint density at radius 3 is 2.80 bits per heavy atom. The summed E-state index contributed by atoms with van der Waals surface area (Å²) in [6.45, 7) is 3.60. The average molecular weight is 158 g/mol. The summed E-state index contributed by atoms with van der Waals surface area (Å²) in [4.78, 5) is 4.10. The van der Waals surface area contributed by atoms with E-state index >= 15 is 0 Å². The first-order valence-corrected chi connectivity index (χ1v) is 3.93. The Morgan fingerprint density at radius 1 is 1.70 bits per heavy atom. The van der Waals surface area contributed by atoms with Crippen LogP contribution in [0.1, 0.15) is 17.8 Å². The molecule has 10 heavy (non-hydrogen) atoms. The van der Waals surface area contributed by atoms with Gasteiger partial charge in [0.25, 0.3) is 0 Å². The molecular weight excluding hydrogens is 148 g/mol. The quantitative estimate of drug-likeness (QED) is 0.691. The molecule has 0 amide bonds. The Morgan fingerprint density at radius 2 is 2.40 bits per heavy atom. The van der Waals surface area contributed by atoms with Crippen molar-refractivity contribution in [3.05, 3.63) is 10.8 Å². The fourth-order valence-electron chi connectivity index (χ4n) is 0.676. The van der Waals surface area contributed by atoms with Gasteiger partial charge in [0, 0.05) is 6.42 Å². The lowest BCUT2D eigenvalue weighted by Crippen LogP contribution is -2.03. The Hall–Kier alpha value is -0.480. The molecule has 0 aliphatic heterocycles. The second-order valence-corrected chi connectivity index (χ2v) is 3.12. The molecule has 0 spiro atoms. The highest BCUT2D eigenvalue weighted by atomic mass is 32.1. The summed E-state index contributed by atoms with van der Waals surface area (Å²) >= 11 is 1.36. The van der Waals surface area contributed by atoms with Gasteiger partial charge in [-0.3, -0.25) is 0 Å². The second kappa shape index (κ2) is 3.07. The van der Waals surface area contributed by atoms with Crippen LogP contribution >= 0.6 is 11.5 Å². The van der Waals surface area contributed by atoms with Crippen molar-refractivity contribution < 1.29 is 5.11 Å². The number of nitrogens with zero attached hydrogens (tertiary/aromatic N) is 2. The van der Waals surface area contributed by atoms with Crippen LogP contribution in [0.15, 0.2) is 0 Å². The van der Waals surface area contributed by atoms with Gasteiger partial charge in [-0.15, -0.1) is 0 Å². The van der Waals surface area contributed by atoms with Gasteiger partial charge in [-0.2, -0.15) is 4.37 Å². The van der Waals surface area contributed by atoms with Crippen LogP contribution in [0.3, 0.4) is 0 Å². The van der Waals surface area contributed by atoms with Gasteiger partial charge < -0.3 is 5.11 Å². The summed E-state index contributed by atoms with van der Waals surface area (Å²) in [5, 5.41) is 9.86. The zero-order valence-electron chi connectivity index (χ0n) is 6.03. The van der Waals surface area contributed by atoms with Crippen LogP contribution in [0.25, 0.3) is 0 Å². The van der Waals surface area contributed by atoms with Crippen molar-refractivity contribution in [3.63, 3.8) is 0 Å². The summed E-state index contributed by atoms with van der Waals surface area (Å²) in [6.07, 6.45) is 0.304. The first kappa shape index (κ1) is 7.63. The molecule has 0 bridgehead atoms. The summed E-state index contributed by atoms with van der Waals surface area (Å²) in [5.74, 6) is 0.792. The molecule has 0 aliphatic carbocycles. The van der Waals surface area contributed by atoms with Crippen LogP contribution in [0.5, 0.6) is 0 Å². The fraction of sp³-hybridized carbons (Fsp3) is 0.667. The van der Waals surface area contributed by atoms with E-state index in [9.17, 15) is 0 Å². The van der Waals surface area contributed by atoms with Crippen molar-refractivity contribution in [1.82, 2.24) is 9.36 Å². The van der Waals surface area contributed by atoms with Crippen LogP contribution in [0.2, 0.25) is 0 Å². The maximum atomic E-state index is 8.95. The summed E-state index contributed by atoms with van der Waals surface area (Å²) in [5.41, 5.74) is 0. The first-order chi connectivity index (χ1) is 4.68. The Balaban J connectivity index is 2.58. The van der Waals surface area contributed by atoms with E-state index in [4.69, 9.17) is 5.11 Å². The van der Waals surface area contributed by atoms with Crippen LogP contribution in [0, 0.1) is 6.92 Å². The van der Waals surface area contributed by atoms with Gasteiger partial charge in [-0.05, 0) is 25.4 Å². The van der Waals surface area contributed by atoms with Gasteiger partial charge >= 0.3 is 0 Å². The Bertz CT molecular complexity index is 209. The highest BCUT2D eigenvalue weighted by Crippen LogP contribution is 2.05. The predicted octanol–water partition coefficient (Wildman–Crippen LogP) is 0.770. The number of hydrogen-bond acceptors (Lipinski definition) is 4. The molecule has 0 fully saturated rings. The van der Waals surface area contributed by atoms with E-state index in [1.54, 1.807) is 6.92 Å². The highest BCUT2D eigenvalue weighted by molar-refractivity contribution is 7.05. The minimum atomic E-state index is -0.313. The van der Waals surface area contributed by atoms with Crippen molar-refractivity contribution in [1.29, 1.82) is 0 Å². The predicted molar refractivity (Wildman–Crippen MR) is 40.0 cm³/mol. The SMILES string of the molecule is Cc1nsc(CC(C)O)n1. The molecule has 0 aliphatic rings. The van der Waals surface area contributed by atoms with E-state index in [0.717, 1.165) is 10.8 Å². The molecular formula is C6H10N2OS. The van der Waals surface area contributed by atoms with Crippen molar-refractivity contribution >= 4 is 11.5 Å². The van der Waals surface area contributed by atoms with Crippen LogP contribution in [-0.4, -0.2) is 20.6 Å².